The van der Waals surface area contributed by atoms with Gasteiger partial charge < -0.3 is 14.7 Å². The minimum absolute atomic E-state index is 0.454. The summed E-state index contributed by atoms with van der Waals surface area (Å²) in [6, 6.07) is 16.0. The molecule has 0 spiro atoms. The Bertz CT molecular complexity index is 595. The second-order valence-electron chi connectivity index (χ2n) is 5.96. The lowest BCUT2D eigenvalue weighted by molar-refractivity contribution is 0.154. The van der Waals surface area contributed by atoms with Gasteiger partial charge in [-0.1, -0.05) is 42.0 Å². The number of benzene rings is 2. The van der Waals surface area contributed by atoms with Crippen molar-refractivity contribution in [3.8, 4) is 5.75 Å². The first-order valence-electron chi connectivity index (χ1n) is 7.65. The smallest absolute Gasteiger partial charge is 0.120 e. The molecule has 22 heavy (non-hydrogen) atoms. The Kier molecular flexibility index (Phi) is 5.99. The summed E-state index contributed by atoms with van der Waals surface area (Å²) in [5.74, 6) is 0.794. The summed E-state index contributed by atoms with van der Waals surface area (Å²) in [6.07, 6.45) is 0.263. The van der Waals surface area contributed by atoms with Crippen molar-refractivity contribution in [2.45, 2.75) is 26.1 Å². The van der Waals surface area contributed by atoms with E-state index in [1.807, 2.05) is 44.4 Å². The van der Waals surface area contributed by atoms with Gasteiger partial charge in [0.05, 0.1) is 6.10 Å². The van der Waals surface area contributed by atoms with Crippen molar-refractivity contribution in [1.82, 2.24) is 4.90 Å². The van der Waals surface area contributed by atoms with Crippen LogP contribution < -0.4 is 4.74 Å². The summed E-state index contributed by atoms with van der Waals surface area (Å²) in [5.41, 5.74) is 3.29. The minimum Gasteiger partial charge on any atom is -0.489 e. The second kappa shape index (κ2) is 7.97. The topological polar surface area (TPSA) is 32.7 Å². The highest BCUT2D eigenvalue weighted by Crippen LogP contribution is 2.22. The number of aliphatic hydroxyl groups is 1. The first-order chi connectivity index (χ1) is 10.5. The molecule has 0 aliphatic heterocycles. The molecule has 0 radical (unpaired) electrons. The zero-order valence-electron chi connectivity index (χ0n) is 13.6. The van der Waals surface area contributed by atoms with E-state index in [1.165, 1.54) is 5.56 Å². The first-order valence-corrected chi connectivity index (χ1v) is 7.65. The zero-order chi connectivity index (χ0) is 15.9. The summed E-state index contributed by atoms with van der Waals surface area (Å²) in [7, 11) is 4.02. The molecule has 1 N–H and O–H groups in total. The lowest BCUT2D eigenvalue weighted by Crippen LogP contribution is -2.15. The van der Waals surface area contributed by atoms with E-state index in [0.29, 0.717) is 13.0 Å². The number of hydrogen-bond donors (Lipinski definition) is 1. The predicted molar refractivity (Wildman–Crippen MR) is 90.1 cm³/mol. The van der Waals surface area contributed by atoms with Crippen LogP contribution in [0.25, 0.3) is 0 Å². The highest BCUT2D eigenvalue weighted by molar-refractivity contribution is 5.30. The van der Waals surface area contributed by atoms with Crippen LogP contribution in [0.1, 0.15) is 29.2 Å². The Labute approximate surface area is 133 Å². The lowest BCUT2D eigenvalue weighted by atomic mass is 10.1. The van der Waals surface area contributed by atoms with E-state index >= 15 is 0 Å². The molecule has 0 aliphatic carbocycles. The Balaban J connectivity index is 1.96. The number of nitrogens with zero attached hydrogens (tertiary/aromatic N) is 1. The molecule has 2 rings (SSSR count). The van der Waals surface area contributed by atoms with Gasteiger partial charge in [-0.25, -0.2) is 0 Å². The summed E-state index contributed by atoms with van der Waals surface area (Å²) in [6.45, 7) is 3.47. The van der Waals surface area contributed by atoms with E-state index in [-0.39, 0.29) is 0 Å². The van der Waals surface area contributed by atoms with Crippen LogP contribution in [-0.2, 0) is 6.61 Å². The van der Waals surface area contributed by atoms with Gasteiger partial charge in [0.1, 0.15) is 12.4 Å². The molecule has 0 aromatic heterocycles. The number of aryl methyl sites for hydroxylation is 1. The molecule has 0 saturated carbocycles. The molecule has 3 nitrogen and oxygen atoms in total. The van der Waals surface area contributed by atoms with Crippen LogP contribution in [0.3, 0.4) is 0 Å². The Morgan fingerprint density at radius 3 is 2.59 bits per heavy atom. The molecular weight excluding hydrogens is 274 g/mol. The third-order valence-corrected chi connectivity index (χ3v) is 3.58. The van der Waals surface area contributed by atoms with Crippen LogP contribution >= 0.6 is 0 Å². The summed E-state index contributed by atoms with van der Waals surface area (Å²) in [5, 5.41) is 10.2. The average Bonchev–Trinajstić information content (AvgIpc) is 2.51. The zero-order valence-corrected chi connectivity index (χ0v) is 13.6. The monoisotopic (exact) mass is 299 g/mol. The van der Waals surface area contributed by atoms with E-state index in [9.17, 15) is 5.11 Å². The molecular formula is C19H25NO2. The van der Waals surface area contributed by atoms with Gasteiger partial charge in [-0.15, -0.1) is 0 Å². The van der Waals surface area contributed by atoms with E-state index in [1.54, 1.807) is 0 Å². The number of rotatable bonds is 7. The first kappa shape index (κ1) is 16.5. The number of ether oxygens (including phenoxy) is 1. The van der Waals surface area contributed by atoms with Gasteiger partial charge in [0, 0.05) is 6.54 Å². The molecule has 0 heterocycles. The third-order valence-electron chi connectivity index (χ3n) is 3.58. The second-order valence-corrected chi connectivity index (χ2v) is 5.96. The SMILES string of the molecule is Cc1cccc(COc2cccc(C(O)CCN(C)C)c2)c1. The maximum Gasteiger partial charge on any atom is 0.120 e. The number of hydrogen-bond acceptors (Lipinski definition) is 3. The van der Waals surface area contributed by atoms with Crippen LogP contribution in [0.15, 0.2) is 48.5 Å². The fourth-order valence-electron chi connectivity index (χ4n) is 2.33. The van der Waals surface area contributed by atoms with Gasteiger partial charge >= 0.3 is 0 Å². The minimum atomic E-state index is -0.454. The highest BCUT2D eigenvalue weighted by Gasteiger charge is 2.09. The van der Waals surface area contributed by atoms with Gasteiger partial charge in [0.25, 0.3) is 0 Å². The standard InChI is InChI=1S/C19H25NO2/c1-15-6-4-7-16(12-15)14-22-18-9-5-8-17(13-18)19(21)10-11-20(2)3/h4-9,12-13,19,21H,10-11,14H2,1-3H3. The van der Waals surface area contributed by atoms with E-state index < -0.39 is 6.10 Å². The van der Waals surface area contributed by atoms with Crippen LogP contribution in [0.4, 0.5) is 0 Å². The summed E-state index contributed by atoms with van der Waals surface area (Å²) in [4.78, 5) is 2.07. The van der Waals surface area contributed by atoms with Gasteiger partial charge in [-0.3, -0.25) is 0 Å². The molecule has 0 fully saturated rings. The molecule has 118 valence electrons. The Morgan fingerprint density at radius 1 is 1.09 bits per heavy atom. The van der Waals surface area contributed by atoms with Crippen molar-refractivity contribution in [2.24, 2.45) is 0 Å². The van der Waals surface area contributed by atoms with E-state index in [0.717, 1.165) is 23.4 Å². The summed E-state index contributed by atoms with van der Waals surface area (Å²) < 4.78 is 5.84. The fraction of sp³-hybridized carbons (Fsp3) is 0.368. The Morgan fingerprint density at radius 2 is 1.86 bits per heavy atom. The fourth-order valence-corrected chi connectivity index (χ4v) is 2.33. The molecule has 1 unspecified atom stereocenters. The van der Waals surface area contributed by atoms with Crippen LogP contribution in [-0.4, -0.2) is 30.6 Å². The van der Waals surface area contributed by atoms with Crippen LogP contribution in [0, 0.1) is 6.92 Å². The number of aliphatic hydroxyl groups excluding tert-OH is 1. The molecule has 1 atom stereocenters. The molecule has 0 amide bonds. The maximum atomic E-state index is 10.2. The maximum absolute atomic E-state index is 10.2. The quantitative estimate of drug-likeness (QED) is 0.848. The largest absolute Gasteiger partial charge is 0.489 e. The van der Waals surface area contributed by atoms with Crippen molar-refractivity contribution >= 4 is 0 Å². The van der Waals surface area contributed by atoms with Crippen molar-refractivity contribution < 1.29 is 9.84 Å². The van der Waals surface area contributed by atoms with Gasteiger partial charge in [0.2, 0.25) is 0 Å². The van der Waals surface area contributed by atoms with Gasteiger partial charge in [-0.05, 0) is 50.7 Å². The molecule has 2 aromatic carbocycles. The van der Waals surface area contributed by atoms with Crippen molar-refractivity contribution in [3.05, 3.63) is 65.2 Å². The average molecular weight is 299 g/mol. The van der Waals surface area contributed by atoms with Crippen molar-refractivity contribution in [2.75, 3.05) is 20.6 Å². The van der Waals surface area contributed by atoms with E-state index in [4.69, 9.17) is 4.74 Å². The molecule has 0 aliphatic rings. The van der Waals surface area contributed by atoms with Crippen molar-refractivity contribution in [3.63, 3.8) is 0 Å². The highest BCUT2D eigenvalue weighted by atomic mass is 16.5. The van der Waals surface area contributed by atoms with Crippen LogP contribution in [0.2, 0.25) is 0 Å². The molecule has 3 heteroatoms. The third kappa shape index (κ3) is 5.17. The normalized spacial score (nSPS) is 12.4. The van der Waals surface area contributed by atoms with E-state index in [2.05, 4.69) is 30.0 Å². The van der Waals surface area contributed by atoms with Crippen LogP contribution in [0.5, 0.6) is 5.75 Å². The molecule has 0 saturated heterocycles. The summed E-state index contributed by atoms with van der Waals surface area (Å²) >= 11 is 0. The Hall–Kier alpha value is -1.84. The van der Waals surface area contributed by atoms with Gasteiger partial charge in [-0.2, -0.15) is 0 Å². The van der Waals surface area contributed by atoms with Gasteiger partial charge in [0.15, 0.2) is 0 Å². The molecule has 2 aromatic rings. The lowest BCUT2D eigenvalue weighted by Gasteiger charge is -2.15. The predicted octanol–water partition coefficient (Wildman–Crippen LogP) is 3.56. The molecule has 0 bridgehead atoms. The van der Waals surface area contributed by atoms with Crippen molar-refractivity contribution in [1.29, 1.82) is 0 Å².